The summed E-state index contributed by atoms with van der Waals surface area (Å²) in [5, 5.41) is 26.6. The summed E-state index contributed by atoms with van der Waals surface area (Å²) < 4.78 is 32.6. The fourth-order valence-corrected chi connectivity index (χ4v) is 13.3. The number of likely N-dealkylation sites (tertiary alicyclic amines) is 1. The van der Waals surface area contributed by atoms with Crippen molar-refractivity contribution in [3.05, 3.63) is 138 Å². The Bertz CT molecular complexity index is 3020. The SMILES string of the molecule is CCn1c(C)c(C(=O)NC2CCC(C(=O)O)CC2)c(-c2cccc(N3CCN(c4ccc(NS(=O)(=O)c5ccc(N[C@H](CCN6CCC(O)CC6)CSc6ccccc6)c(S)c5)cc4)CC3)c2)c1-c1ccc(C)cc1. The van der Waals surface area contributed by atoms with Crippen LogP contribution in [0.4, 0.5) is 22.7 Å². The van der Waals surface area contributed by atoms with Crippen molar-refractivity contribution < 1.29 is 28.2 Å². The Hall–Kier alpha value is -5.91. The van der Waals surface area contributed by atoms with E-state index in [4.69, 9.17) is 12.6 Å². The van der Waals surface area contributed by atoms with Gasteiger partial charge in [0.2, 0.25) is 0 Å². The molecular weight excluding hydrogens is 999 g/mol. The summed E-state index contributed by atoms with van der Waals surface area (Å²) in [6.07, 6.45) is 4.64. The Morgan fingerprint density at radius 2 is 1.44 bits per heavy atom. The monoisotopic (exact) mass is 1070 g/mol. The Morgan fingerprint density at radius 3 is 2.09 bits per heavy atom. The lowest BCUT2D eigenvalue weighted by Crippen LogP contribution is -2.46. The van der Waals surface area contributed by atoms with E-state index in [2.05, 4.69) is 109 Å². The lowest BCUT2D eigenvalue weighted by Gasteiger charge is -2.37. The highest BCUT2D eigenvalue weighted by atomic mass is 32.2. The maximum atomic E-state index is 14.5. The number of nitrogens with one attached hydrogen (secondary N) is 3. The summed E-state index contributed by atoms with van der Waals surface area (Å²) >= 11 is 6.56. The van der Waals surface area contributed by atoms with Crippen LogP contribution in [-0.4, -0.2) is 110 Å². The highest BCUT2D eigenvalue weighted by Crippen LogP contribution is 2.41. The molecule has 0 spiro atoms. The van der Waals surface area contributed by atoms with Crippen LogP contribution in [0.3, 0.4) is 0 Å². The number of piperazine rings is 1. The second-order valence-electron chi connectivity index (χ2n) is 20.3. The van der Waals surface area contributed by atoms with Crippen LogP contribution < -0.4 is 25.2 Å². The minimum atomic E-state index is -3.92. The second kappa shape index (κ2) is 24.4. The Balaban J connectivity index is 0.848. The number of anilines is 4. The molecule has 9 rings (SSSR count). The van der Waals surface area contributed by atoms with E-state index < -0.39 is 16.0 Å². The standard InChI is InChI=1S/C59H71N7O6S3/c1-4-66-41(3)55(58(68)61-45-19-17-43(18-20-45)59(69)70)56(57(66)42-15-13-40(2)14-16-42)44-9-8-10-49(37-44)65-35-33-64(34-36-65)48-23-21-46(22-24-48)62-75(71,72)52-25-26-53(54(73)38-52)60-47(39-74-51-11-6-5-7-12-51)27-30-63-31-28-50(67)29-32-63/h5-16,21-26,37-38,43,45,47,50,60,62,67,73H,4,17-20,27-36,39H2,1-3H3,(H,61,68)(H,69,70)/t43?,45?,47-/m1/s1. The molecule has 5 aromatic carbocycles. The van der Waals surface area contributed by atoms with Crippen molar-refractivity contribution in [1.29, 1.82) is 0 Å². The molecule has 3 aliphatic rings. The number of aliphatic carboxylic acids is 1. The molecule has 2 saturated heterocycles. The number of aromatic nitrogens is 1. The van der Waals surface area contributed by atoms with Crippen molar-refractivity contribution in [1.82, 2.24) is 14.8 Å². The summed E-state index contributed by atoms with van der Waals surface area (Å²) in [6.45, 7) is 12.6. The molecule has 1 amide bonds. The normalized spacial score (nSPS) is 18.1. The molecule has 396 valence electrons. The fourth-order valence-electron chi connectivity index (χ4n) is 10.9. The van der Waals surface area contributed by atoms with Gasteiger partial charge in [0, 0.05) is 114 Å². The van der Waals surface area contributed by atoms with Crippen molar-refractivity contribution in [2.75, 3.05) is 71.4 Å². The summed E-state index contributed by atoms with van der Waals surface area (Å²) in [7, 11) is -3.92. The lowest BCUT2D eigenvalue weighted by molar-refractivity contribution is -0.142. The van der Waals surface area contributed by atoms with E-state index in [1.54, 1.807) is 30.0 Å². The highest BCUT2D eigenvalue weighted by molar-refractivity contribution is 7.99. The topological polar surface area (TPSA) is 159 Å². The number of hydrogen-bond acceptors (Lipinski definition) is 11. The van der Waals surface area contributed by atoms with Gasteiger partial charge in [-0.1, -0.05) is 60.2 Å². The summed E-state index contributed by atoms with van der Waals surface area (Å²) in [6, 6.07) is 39.9. The van der Waals surface area contributed by atoms with Gasteiger partial charge in [0.1, 0.15) is 0 Å². The van der Waals surface area contributed by atoms with Crippen LogP contribution >= 0.6 is 24.4 Å². The minimum Gasteiger partial charge on any atom is -0.481 e. The number of sulfonamides is 1. The van der Waals surface area contributed by atoms with Gasteiger partial charge in [0.05, 0.1) is 28.2 Å². The number of aliphatic hydroxyl groups is 1. The van der Waals surface area contributed by atoms with Crippen LogP contribution in [0.1, 0.15) is 73.5 Å². The number of thioether (sulfide) groups is 1. The number of nitrogens with zero attached hydrogens (tertiary/aromatic N) is 4. The van der Waals surface area contributed by atoms with E-state index in [-0.39, 0.29) is 34.9 Å². The molecule has 1 aliphatic carbocycles. The Kier molecular flexibility index (Phi) is 17.5. The van der Waals surface area contributed by atoms with Crippen molar-refractivity contribution >= 4 is 69.0 Å². The first-order valence-corrected chi connectivity index (χ1v) is 29.4. The zero-order valence-corrected chi connectivity index (χ0v) is 45.8. The summed E-state index contributed by atoms with van der Waals surface area (Å²) in [5.74, 6) is -0.430. The van der Waals surface area contributed by atoms with E-state index >= 15 is 0 Å². The molecule has 5 N–H and O–H groups in total. The predicted molar refractivity (Wildman–Crippen MR) is 308 cm³/mol. The Labute approximate surface area is 452 Å². The summed E-state index contributed by atoms with van der Waals surface area (Å²) in [5.41, 5.74) is 9.91. The van der Waals surface area contributed by atoms with Crippen molar-refractivity contribution in [2.45, 2.75) is 105 Å². The molecule has 1 saturated carbocycles. The van der Waals surface area contributed by atoms with Gasteiger partial charge in [-0.15, -0.1) is 24.4 Å². The third kappa shape index (κ3) is 13.2. The van der Waals surface area contributed by atoms with Crippen LogP contribution in [0.15, 0.2) is 136 Å². The van der Waals surface area contributed by atoms with Gasteiger partial charge in [-0.25, -0.2) is 8.42 Å². The van der Waals surface area contributed by atoms with E-state index in [9.17, 15) is 28.2 Å². The molecule has 0 radical (unpaired) electrons. The van der Waals surface area contributed by atoms with Gasteiger partial charge in [0.15, 0.2) is 0 Å². The zero-order valence-electron chi connectivity index (χ0n) is 43.3. The number of carbonyl (C=O) groups is 2. The van der Waals surface area contributed by atoms with Crippen molar-refractivity contribution in [3.8, 4) is 22.4 Å². The molecule has 6 aromatic rings. The summed E-state index contributed by atoms with van der Waals surface area (Å²) in [4.78, 5) is 35.1. The number of aryl methyl sites for hydroxylation is 1. The molecule has 0 unspecified atom stereocenters. The molecule has 75 heavy (non-hydrogen) atoms. The number of hydrogen-bond donors (Lipinski definition) is 6. The lowest BCUT2D eigenvalue weighted by atomic mass is 9.86. The number of thiol groups is 1. The van der Waals surface area contributed by atoms with Crippen LogP contribution in [-0.2, 0) is 21.4 Å². The quantitative estimate of drug-likeness (QED) is 0.0339. The van der Waals surface area contributed by atoms with Crippen LogP contribution in [0.2, 0.25) is 0 Å². The Morgan fingerprint density at radius 1 is 0.760 bits per heavy atom. The number of carboxylic acid groups (broad SMARTS) is 1. The average molecular weight is 1070 g/mol. The number of amides is 1. The maximum absolute atomic E-state index is 14.5. The molecule has 1 atom stereocenters. The smallest absolute Gasteiger partial charge is 0.306 e. The number of piperidine rings is 1. The largest absolute Gasteiger partial charge is 0.481 e. The van der Waals surface area contributed by atoms with Gasteiger partial charge in [-0.3, -0.25) is 14.3 Å². The van der Waals surface area contributed by atoms with Gasteiger partial charge in [-0.05, 0) is 144 Å². The molecule has 3 fully saturated rings. The number of carbonyl (C=O) groups excluding carboxylic acids is 1. The number of rotatable bonds is 19. The number of carboxylic acids is 1. The van der Waals surface area contributed by atoms with Crippen LogP contribution in [0.5, 0.6) is 0 Å². The molecule has 2 aliphatic heterocycles. The second-order valence-corrected chi connectivity index (χ2v) is 23.6. The van der Waals surface area contributed by atoms with E-state index in [0.717, 1.165) is 122 Å². The van der Waals surface area contributed by atoms with E-state index in [1.807, 2.05) is 49.4 Å². The van der Waals surface area contributed by atoms with Gasteiger partial charge in [-0.2, -0.15) is 0 Å². The van der Waals surface area contributed by atoms with Gasteiger partial charge in [0.25, 0.3) is 15.9 Å². The predicted octanol–water partition coefficient (Wildman–Crippen LogP) is 10.7. The van der Waals surface area contributed by atoms with Gasteiger partial charge >= 0.3 is 5.97 Å². The third-order valence-electron chi connectivity index (χ3n) is 15.3. The first kappa shape index (κ1) is 53.9. The molecule has 16 heteroatoms. The van der Waals surface area contributed by atoms with E-state index in [0.29, 0.717) is 48.4 Å². The van der Waals surface area contributed by atoms with Crippen molar-refractivity contribution in [2.24, 2.45) is 5.92 Å². The van der Waals surface area contributed by atoms with Gasteiger partial charge < -0.3 is 40.1 Å². The number of benzene rings is 5. The molecule has 3 heterocycles. The van der Waals surface area contributed by atoms with Crippen LogP contribution in [0, 0.1) is 19.8 Å². The highest BCUT2D eigenvalue weighted by Gasteiger charge is 2.32. The fraction of sp³-hybridized carbons (Fsp3) is 0.390. The average Bonchev–Trinajstić information content (AvgIpc) is 3.76. The minimum absolute atomic E-state index is 0.0862. The molecule has 1 aromatic heterocycles. The van der Waals surface area contributed by atoms with E-state index in [1.165, 1.54) is 4.90 Å². The molecule has 0 bridgehead atoms. The first-order chi connectivity index (χ1) is 36.2. The maximum Gasteiger partial charge on any atom is 0.306 e. The van der Waals surface area contributed by atoms with Crippen LogP contribution in [0.25, 0.3) is 22.4 Å². The molecule has 13 nitrogen and oxygen atoms in total. The number of aliphatic hydroxyl groups excluding tert-OH is 1. The van der Waals surface area contributed by atoms with Crippen molar-refractivity contribution in [3.63, 3.8) is 0 Å². The molecular formula is C59H71N7O6S3. The third-order valence-corrected chi connectivity index (χ3v) is 18.2. The zero-order chi connectivity index (χ0) is 52.6. The first-order valence-electron chi connectivity index (χ1n) is 26.5.